The fraction of sp³-hybridized carbons (Fsp3) is 0.394. The highest BCUT2D eigenvalue weighted by molar-refractivity contribution is 7.45. The first-order valence-corrected chi connectivity index (χ1v) is 21.5. The van der Waals surface area contributed by atoms with Crippen molar-refractivity contribution in [1.82, 2.24) is 14.8 Å². The van der Waals surface area contributed by atoms with E-state index in [0.29, 0.717) is 30.3 Å². The summed E-state index contributed by atoms with van der Waals surface area (Å²) in [6.07, 6.45) is 5.25. The molecular weight excluding hydrogens is 815 g/mol. The molecule has 0 saturated heterocycles. The molecule has 0 fully saturated rings. The second-order valence-electron chi connectivity index (χ2n) is 13.1. The Bertz CT molecular complexity index is 1900. The van der Waals surface area contributed by atoms with Crippen LogP contribution in [0.25, 0.3) is 0 Å². The van der Waals surface area contributed by atoms with E-state index < -0.39 is 28.9 Å². The number of ether oxygens (including phenoxy) is 1. The van der Waals surface area contributed by atoms with Crippen molar-refractivity contribution in [1.29, 1.82) is 0 Å². The number of rotatable bonds is 10. The number of carbonyl (C=O) groups excluding carboxylic acids is 3. The molecule has 5 rings (SSSR count). The summed E-state index contributed by atoms with van der Waals surface area (Å²) in [6, 6.07) is 17.4. The minimum atomic E-state index is -4.64. The number of nitrogens with zero attached hydrogens (tertiary/aromatic N) is 5. The molecule has 57 heavy (non-hydrogen) atoms. The predicted octanol–water partition coefficient (Wildman–Crippen LogP) is 1.23. The fourth-order valence-corrected chi connectivity index (χ4v) is 5.74. The Balaban J connectivity index is 0.000000638. The van der Waals surface area contributed by atoms with E-state index in [4.69, 9.17) is 62.5 Å². The van der Waals surface area contributed by atoms with Crippen molar-refractivity contribution < 1.29 is 76.9 Å². The molecule has 1 aromatic heterocycles. The molecule has 3 aromatic rings. The number of phosphoric acid groups is 3. The summed E-state index contributed by atoms with van der Waals surface area (Å²) in [7, 11) is -10.5. The van der Waals surface area contributed by atoms with Gasteiger partial charge in [-0.15, -0.1) is 0 Å². The van der Waals surface area contributed by atoms with Gasteiger partial charge in [-0.1, -0.05) is 18.2 Å². The number of hydrogen-bond acceptors (Lipinski definition) is 9. The molecule has 2 aliphatic rings. The fourth-order valence-electron chi connectivity index (χ4n) is 5.74. The molecular formula is C33H48N5O16P3. The highest BCUT2D eigenvalue weighted by Crippen LogP contribution is 2.39. The third-order valence-corrected chi connectivity index (χ3v) is 8.26. The maximum absolute atomic E-state index is 13.1. The number of amides is 3. The van der Waals surface area contributed by atoms with E-state index in [2.05, 4.69) is 9.88 Å². The van der Waals surface area contributed by atoms with Crippen LogP contribution in [0.15, 0.2) is 67.0 Å². The van der Waals surface area contributed by atoms with Crippen LogP contribution in [0.5, 0.6) is 5.75 Å². The summed E-state index contributed by atoms with van der Waals surface area (Å²) in [5, 5.41) is 0. The third kappa shape index (κ3) is 18.1. The number of aromatic nitrogens is 1. The Morgan fingerprint density at radius 3 is 1.84 bits per heavy atom. The Morgan fingerprint density at radius 2 is 1.28 bits per heavy atom. The number of anilines is 2. The van der Waals surface area contributed by atoms with Gasteiger partial charge in [0.1, 0.15) is 11.2 Å². The normalized spacial score (nSPS) is 15.2. The van der Waals surface area contributed by atoms with Crippen LogP contribution in [0.4, 0.5) is 11.4 Å². The van der Waals surface area contributed by atoms with Gasteiger partial charge in [0.25, 0.3) is 5.91 Å². The van der Waals surface area contributed by atoms with E-state index in [0.717, 1.165) is 50.1 Å². The summed E-state index contributed by atoms with van der Waals surface area (Å²) in [4.78, 5) is 115. The van der Waals surface area contributed by atoms with E-state index in [-0.39, 0.29) is 17.7 Å². The molecule has 0 aliphatic carbocycles. The van der Waals surface area contributed by atoms with Crippen molar-refractivity contribution in [3.63, 3.8) is 0 Å². The minimum Gasteiger partial charge on any atom is -0.493 e. The number of hydrogen-bond donors (Lipinski definition) is 9. The maximum Gasteiger partial charge on any atom is 0.466 e. The van der Waals surface area contributed by atoms with Crippen LogP contribution in [0.2, 0.25) is 0 Å². The van der Waals surface area contributed by atoms with Gasteiger partial charge in [-0.25, -0.2) is 13.7 Å². The number of carbonyl (C=O) groups is 3. The minimum absolute atomic E-state index is 0.103. The molecule has 316 valence electrons. The summed E-state index contributed by atoms with van der Waals surface area (Å²) < 4.78 is 32.8. The highest BCUT2D eigenvalue weighted by atomic mass is 31.2. The van der Waals surface area contributed by atoms with Gasteiger partial charge in [0, 0.05) is 70.8 Å². The zero-order valence-corrected chi connectivity index (χ0v) is 34.2. The number of fused-ring (bicyclic) bond motifs is 2. The Hall–Kier alpha value is -3.91. The van der Waals surface area contributed by atoms with E-state index in [1.165, 1.54) is 5.56 Å². The first-order chi connectivity index (χ1) is 26.2. The Labute approximate surface area is 328 Å². The Morgan fingerprint density at radius 1 is 0.754 bits per heavy atom. The van der Waals surface area contributed by atoms with Gasteiger partial charge in [0.2, 0.25) is 11.8 Å². The molecule has 9 N–H and O–H groups in total. The van der Waals surface area contributed by atoms with Crippen molar-refractivity contribution in [3.05, 3.63) is 83.7 Å². The van der Waals surface area contributed by atoms with Crippen molar-refractivity contribution >= 4 is 52.6 Å². The van der Waals surface area contributed by atoms with Crippen molar-refractivity contribution in [2.75, 3.05) is 56.7 Å². The molecule has 0 spiro atoms. The van der Waals surface area contributed by atoms with Crippen molar-refractivity contribution in [2.45, 2.75) is 33.2 Å². The zero-order valence-electron chi connectivity index (χ0n) is 31.5. The average molecular weight is 864 g/mol. The van der Waals surface area contributed by atoms with Gasteiger partial charge < -0.3 is 63.5 Å². The van der Waals surface area contributed by atoms with E-state index >= 15 is 0 Å². The molecule has 24 heteroatoms. The van der Waals surface area contributed by atoms with Gasteiger partial charge >= 0.3 is 23.5 Å². The smallest absolute Gasteiger partial charge is 0.466 e. The molecule has 2 aliphatic heterocycles. The summed E-state index contributed by atoms with van der Waals surface area (Å²) in [5.41, 5.74) is 3.27. The quantitative estimate of drug-likeness (QED) is 0.0786. The molecule has 0 unspecified atom stereocenters. The maximum atomic E-state index is 13.1. The van der Waals surface area contributed by atoms with E-state index in [1.54, 1.807) is 50.1 Å². The van der Waals surface area contributed by atoms with Crippen LogP contribution in [0, 0.1) is 5.41 Å². The second kappa shape index (κ2) is 21.2. The molecule has 0 radical (unpaired) electrons. The SMILES string of the molecule is CN1C(=O)C(C)(C)C(=O)N(C)c2cc(OCCCN(CCN3CCc4ccccc4C3=O)Cc3ccncc3)ccc21.O=P(O)(O)O.O=P(O)(O)O.O=P(O)(O)O. The highest BCUT2D eigenvalue weighted by Gasteiger charge is 2.44. The lowest BCUT2D eigenvalue weighted by Gasteiger charge is -2.31. The summed E-state index contributed by atoms with van der Waals surface area (Å²) >= 11 is 0. The topological polar surface area (TPSA) is 320 Å². The van der Waals surface area contributed by atoms with E-state index in [1.807, 2.05) is 59.5 Å². The lowest BCUT2D eigenvalue weighted by Crippen LogP contribution is -2.46. The molecule has 21 nitrogen and oxygen atoms in total. The van der Waals surface area contributed by atoms with Crippen molar-refractivity contribution in [3.8, 4) is 5.75 Å². The van der Waals surface area contributed by atoms with Crippen LogP contribution in [0.1, 0.15) is 41.8 Å². The first-order valence-electron chi connectivity index (χ1n) is 16.8. The van der Waals surface area contributed by atoms with Crippen molar-refractivity contribution in [2.24, 2.45) is 5.41 Å². The summed E-state index contributed by atoms with van der Waals surface area (Å²) in [6.45, 7) is 7.48. The summed E-state index contributed by atoms with van der Waals surface area (Å²) in [5.74, 6) is 0.257. The molecule has 3 amide bonds. The molecule has 0 bridgehead atoms. The van der Waals surface area contributed by atoms with Gasteiger partial charge in [-0.3, -0.25) is 24.3 Å². The number of benzene rings is 2. The first kappa shape index (κ1) is 49.2. The standard InChI is InChI=1S/C33H39N5O4.3H3O4P/c1-33(2)31(40)35(3)28-11-10-26(22-29(28)36(4)32(33)41)42-21-7-17-37(23-24-12-15-34-16-13-24)19-20-38-18-14-25-8-5-6-9-27(25)30(38)39;3*1-5(2,3)4/h5-6,8-13,15-16,22H,7,14,17-21,23H2,1-4H3;3*(H3,1,2,3,4). The van der Waals surface area contributed by atoms with Gasteiger partial charge in [0.05, 0.1) is 18.0 Å². The van der Waals surface area contributed by atoms with Gasteiger partial charge in [0.15, 0.2) is 0 Å². The van der Waals surface area contributed by atoms with Gasteiger partial charge in [-0.2, -0.15) is 0 Å². The number of pyridine rings is 1. The lowest BCUT2D eigenvalue weighted by atomic mass is 9.90. The lowest BCUT2D eigenvalue weighted by molar-refractivity contribution is -0.137. The average Bonchev–Trinajstić information content (AvgIpc) is 3.13. The molecule has 0 atom stereocenters. The third-order valence-electron chi connectivity index (χ3n) is 8.26. The molecule has 2 aromatic carbocycles. The van der Waals surface area contributed by atoms with Crippen LogP contribution in [-0.2, 0) is 36.2 Å². The van der Waals surface area contributed by atoms with Gasteiger partial charge in [-0.05, 0) is 68.1 Å². The molecule has 0 saturated carbocycles. The van der Waals surface area contributed by atoms with E-state index in [9.17, 15) is 14.4 Å². The van der Waals surface area contributed by atoms with Crippen LogP contribution >= 0.6 is 23.5 Å². The van der Waals surface area contributed by atoms with Crippen LogP contribution in [0.3, 0.4) is 0 Å². The van der Waals surface area contributed by atoms with Crippen LogP contribution in [-0.4, -0.2) is 123 Å². The molecule has 3 heterocycles. The zero-order chi connectivity index (χ0) is 43.4. The predicted molar refractivity (Wildman–Crippen MR) is 206 cm³/mol. The second-order valence-corrected chi connectivity index (χ2v) is 16.2. The largest absolute Gasteiger partial charge is 0.493 e. The Kier molecular flexibility index (Phi) is 18.3. The van der Waals surface area contributed by atoms with Crippen LogP contribution < -0.4 is 14.5 Å². The monoisotopic (exact) mass is 863 g/mol.